The van der Waals surface area contributed by atoms with Crippen LogP contribution in [0.15, 0.2) is 10.5 Å². The Hall–Kier alpha value is -1.90. The molecular formula is C22H36N4O4. The van der Waals surface area contributed by atoms with Gasteiger partial charge in [-0.3, -0.25) is 19.4 Å². The highest BCUT2D eigenvalue weighted by Crippen LogP contribution is 2.17. The lowest BCUT2D eigenvalue weighted by molar-refractivity contribution is -0.123. The molecule has 2 amide bonds. The predicted molar refractivity (Wildman–Crippen MR) is 115 cm³/mol. The van der Waals surface area contributed by atoms with Gasteiger partial charge in [0.2, 0.25) is 5.91 Å². The highest BCUT2D eigenvalue weighted by atomic mass is 16.5. The minimum absolute atomic E-state index is 0.00820. The molecule has 2 saturated heterocycles. The molecule has 1 atom stereocenters. The molecule has 2 aliphatic heterocycles. The van der Waals surface area contributed by atoms with Gasteiger partial charge in [-0.2, -0.15) is 0 Å². The highest BCUT2D eigenvalue weighted by molar-refractivity contribution is 5.95. The lowest BCUT2D eigenvalue weighted by Gasteiger charge is -2.35. The molecule has 2 aliphatic rings. The van der Waals surface area contributed by atoms with E-state index in [1.807, 2.05) is 18.7 Å². The number of rotatable bonds is 7. The summed E-state index contributed by atoms with van der Waals surface area (Å²) in [6.07, 6.45) is 0.0533. The number of carbonyl (C=O) groups excluding carboxylic acids is 2. The zero-order valence-electron chi connectivity index (χ0n) is 18.8. The van der Waals surface area contributed by atoms with Crippen molar-refractivity contribution in [1.29, 1.82) is 0 Å². The van der Waals surface area contributed by atoms with E-state index in [9.17, 15) is 9.59 Å². The number of morpholine rings is 1. The van der Waals surface area contributed by atoms with Gasteiger partial charge in [0, 0.05) is 52.4 Å². The molecule has 0 aromatic carbocycles. The lowest BCUT2D eigenvalue weighted by Crippen LogP contribution is -2.52. The fraction of sp³-hybridized carbons (Fsp3) is 0.727. The van der Waals surface area contributed by atoms with E-state index in [1.165, 1.54) is 0 Å². The summed E-state index contributed by atoms with van der Waals surface area (Å²) in [5.41, 5.74) is 0.637. The maximum Gasteiger partial charge on any atom is 0.257 e. The van der Waals surface area contributed by atoms with Crippen LogP contribution in [0.5, 0.6) is 0 Å². The van der Waals surface area contributed by atoms with Gasteiger partial charge in [-0.25, -0.2) is 0 Å². The summed E-state index contributed by atoms with van der Waals surface area (Å²) in [5.74, 6) is 2.07. The van der Waals surface area contributed by atoms with Crippen molar-refractivity contribution in [3.05, 3.63) is 23.2 Å². The van der Waals surface area contributed by atoms with E-state index in [4.69, 9.17) is 9.15 Å². The first-order valence-electron chi connectivity index (χ1n) is 11.0. The molecule has 3 heterocycles. The smallest absolute Gasteiger partial charge is 0.257 e. The third kappa shape index (κ3) is 6.30. The summed E-state index contributed by atoms with van der Waals surface area (Å²) < 4.78 is 11.3. The number of hydrogen-bond acceptors (Lipinski definition) is 6. The van der Waals surface area contributed by atoms with Gasteiger partial charge >= 0.3 is 0 Å². The van der Waals surface area contributed by atoms with Crippen molar-refractivity contribution >= 4 is 11.8 Å². The molecule has 0 bridgehead atoms. The van der Waals surface area contributed by atoms with Gasteiger partial charge in [-0.15, -0.1) is 0 Å². The molecule has 2 fully saturated rings. The Labute approximate surface area is 179 Å². The Balaban J connectivity index is 1.37. The minimum atomic E-state index is 0.00820. The largest absolute Gasteiger partial charge is 0.466 e. The second-order valence-corrected chi connectivity index (χ2v) is 8.85. The van der Waals surface area contributed by atoms with Crippen LogP contribution in [0.2, 0.25) is 0 Å². The maximum absolute atomic E-state index is 12.7. The van der Waals surface area contributed by atoms with Gasteiger partial charge in [0.1, 0.15) is 11.5 Å². The molecular weight excluding hydrogens is 384 g/mol. The van der Waals surface area contributed by atoms with Gasteiger partial charge in [0.15, 0.2) is 0 Å². The van der Waals surface area contributed by atoms with Crippen LogP contribution in [0, 0.1) is 19.8 Å². The summed E-state index contributed by atoms with van der Waals surface area (Å²) in [4.78, 5) is 31.4. The molecule has 0 spiro atoms. The van der Waals surface area contributed by atoms with E-state index < -0.39 is 0 Å². The Morgan fingerprint density at radius 1 is 1.13 bits per heavy atom. The first kappa shape index (κ1) is 22.8. The first-order chi connectivity index (χ1) is 14.3. The van der Waals surface area contributed by atoms with Crippen LogP contribution in [0.4, 0.5) is 0 Å². The third-order valence-electron chi connectivity index (χ3n) is 5.67. The summed E-state index contributed by atoms with van der Waals surface area (Å²) in [6, 6.07) is 1.80. The van der Waals surface area contributed by atoms with Crippen LogP contribution in [-0.2, 0) is 9.53 Å². The average molecular weight is 421 g/mol. The zero-order chi connectivity index (χ0) is 21.7. The van der Waals surface area contributed by atoms with Crippen molar-refractivity contribution in [2.24, 2.45) is 5.92 Å². The maximum atomic E-state index is 12.7. The van der Waals surface area contributed by atoms with Crippen LogP contribution < -0.4 is 5.32 Å². The molecule has 0 aliphatic carbocycles. The molecule has 1 aromatic heterocycles. The van der Waals surface area contributed by atoms with Crippen LogP contribution >= 0.6 is 0 Å². The van der Waals surface area contributed by atoms with Crippen molar-refractivity contribution in [1.82, 2.24) is 20.0 Å². The number of furan rings is 1. The number of nitrogens with zero attached hydrogens (tertiary/aromatic N) is 3. The first-order valence-corrected chi connectivity index (χ1v) is 11.0. The molecule has 168 valence electrons. The molecule has 8 heteroatoms. The number of ether oxygens (including phenoxy) is 1. The van der Waals surface area contributed by atoms with E-state index >= 15 is 0 Å². The second-order valence-electron chi connectivity index (χ2n) is 8.85. The van der Waals surface area contributed by atoms with E-state index in [1.54, 1.807) is 6.07 Å². The number of amides is 2. The Bertz CT molecular complexity index is 725. The molecule has 1 N–H and O–H groups in total. The van der Waals surface area contributed by atoms with Crippen LogP contribution in [0.1, 0.15) is 35.7 Å². The Morgan fingerprint density at radius 3 is 2.50 bits per heavy atom. The number of piperazine rings is 1. The van der Waals surface area contributed by atoms with Crippen LogP contribution in [-0.4, -0.2) is 98.1 Å². The van der Waals surface area contributed by atoms with Crippen LogP contribution in [0.3, 0.4) is 0 Å². The summed E-state index contributed by atoms with van der Waals surface area (Å²) in [7, 11) is 0. The van der Waals surface area contributed by atoms with Crippen molar-refractivity contribution in [2.75, 3.05) is 65.5 Å². The molecule has 1 unspecified atom stereocenters. The van der Waals surface area contributed by atoms with Gasteiger partial charge in [0.05, 0.1) is 24.8 Å². The Morgan fingerprint density at radius 2 is 1.87 bits per heavy atom. The molecule has 0 radical (unpaired) electrons. The predicted octanol–water partition coefficient (Wildman–Crippen LogP) is 1.13. The zero-order valence-corrected chi connectivity index (χ0v) is 18.8. The standard InChI is InChI=1S/C22H36N4O4/c1-16(2)13-25-9-10-29-19(14-25)12-23-21(27)15-24-5-7-26(8-6-24)22(28)20-11-17(3)30-18(20)4/h11,16,19H,5-10,12-15H2,1-4H3,(H,23,27). The third-order valence-corrected chi connectivity index (χ3v) is 5.67. The van der Waals surface area contributed by atoms with Gasteiger partial charge in [-0.1, -0.05) is 13.8 Å². The van der Waals surface area contributed by atoms with Crippen molar-refractivity contribution in [2.45, 2.75) is 33.8 Å². The van der Waals surface area contributed by atoms with E-state index in [-0.39, 0.29) is 17.9 Å². The molecule has 8 nitrogen and oxygen atoms in total. The van der Waals surface area contributed by atoms with Crippen molar-refractivity contribution < 1.29 is 18.7 Å². The Kier molecular flexibility index (Phi) is 7.91. The summed E-state index contributed by atoms with van der Waals surface area (Å²) >= 11 is 0. The average Bonchev–Trinajstić information content (AvgIpc) is 3.04. The SMILES string of the molecule is Cc1cc(C(=O)N2CCN(CC(=O)NCC3CN(CC(C)C)CCO3)CC2)c(C)o1. The molecule has 1 aromatic rings. The van der Waals surface area contributed by atoms with Crippen molar-refractivity contribution in [3.8, 4) is 0 Å². The highest BCUT2D eigenvalue weighted by Gasteiger charge is 2.26. The fourth-order valence-corrected chi connectivity index (χ4v) is 4.20. The second kappa shape index (κ2) is 10.4. The van der Waals surface area contributed by atoms with Gasteiger partial charge < -0.3 is 19.4 Å². The summed E-state index contributed by atoms with van der Waals surface area (Å²) in [6.45, 7) is 15.2. The van der Waals surface area contributed by atoms with Gasteiger partial charge in [0.25, 0.3) is 5.91 Å². The monoisotopic (exact) mass is 420 g/mol. The topological polar surface area (TPSA) is 78.3 Å². The van der Waals surface area contributed by atoms with E-state index in [2.05, 4.69) is 29.0 Å². The normalized spacial score (nSPS) is 21.2. The molecule has 30 heavy (non-hydrogen) atoms. The quantitative estimate of drug-likeness (QED) is 0.713. The van der Waals surface area contributed by atoms with E-state index in [0.29, 0.717) is 56.5 Å². The van der Waals surface area contributed by atoms with E-state index in [0.717, 1.165) is 32.0 Å². The van der Waals surface area contributed by atoms with Gasteiger partial charge in [-0.05, 0) is 25.8 Å². The number of aryl methyl sites for hydroxylation is 2. The summed E-state index contributed by atoms with van der Waals surface area (Å²) in [5, 5.41) is 3.02. The van der Waals surface area contributed by atoms with Crippen molar-refractivity contribution in [3.63, 3.8) is 0 Å². The number of hydrogen-bond donors (Lipinski definition) is 1. The number of carbonyl (C=O) groups is 2. The fourth-order valence-electron chi connectivity index (χ4n) is 4.20. The lowest BCUT2D eigenvalue weighted by atomic mass is 10.2. The molecule has 0 saturated carbocycles. The minimum Gasteiger partial charge on any atom is -0.466 e. The number of nitrogens with one attached hydrogen (secondary N) is 1. The van der Waals surface area contributed by atoms with Crippen LogP contribution in [0.25, 0.3) is 0 Å². The molecule has 3 rings (SSSR count).